The predicted molar refractivity (Wildman–Crippen MR) is 112 cm³/mol. The van der Waals surface area contributed by atoms with Crippen molar-refractivity contribution < 1.29 is 0 Å². The summed E-state index contributed by atoms with van der Waals surface area (Å²) in [7, 11) is 0. The monoisotopic (exact) mass is 426 g/mol. The van der Waals surface area contributed by atoms with E-state index in [2.05, 4.69) is 54.5 Å². The van der Waals surface area contributed by atoms with Crippen LogP contribution in [0.3, 0.4) is 0 Å². The smallest absolute Gasteiger partial charge is 0.189 e. The van der Waals surface area contributed by atoms with E-state index in [0.717, 1.165) is 25.5 Å². The van der Waals surface area contributed by atoms with Crippen LogP contribution in [0, 0.1) is 6.92 Å². The van der Waals surface area contributed by atoms with Gasteiger partial charge in [-0.25, -0.2) is 15.0 Å². The first-order valence-corrected chi connectivity index (χ1v) is 9.47. The molecule has 0 amide bonds. The highest BCUT2D eigenvalue weighted by Gasteiger charge is 2.12. The molecule has 8 heteroatoms. The molecule has 0 fully saturated rings. The molecular weight excluding hydrogens is 412 g/mol. The molecule has 0 atom stereocenters. The summed E-state index contributed by atoms with van der Waals surface area (Å²) in [6.07, 6.45) is 1.47. The van der Waals surface area contributed by atoms with Crippen LogP contribution in [0.2, 0.25) is 0 Å². The van der Waals surface area contributed by atoms with E-state index in [-0.39, 0.29) is 0 Å². The van der Waals surface area contributed by atoms with Crippen molar-refractivity contribution in [1.29, 1.82) is 0 Å². The number of aromatic nitrogens is 3. The highest BCUT2D eigenvalue weighted by atomic mass is 79.9. The number of nitrogen functional groups attached to an aromatic ring is 1. The summed E-state index contributed by atoms with van der Waals surface area (Å²) in [5.74, 6) is 1.05. The van der Waals surface area contributed by atoms with Crippen LogP contribution in [0.25, 0.3) is 10.2 Å². The largest absolute Gasteiger partial charge is 0.393 e. The molecule has 130 valence electrons. The van der Waals surface area contributed by atoms with E-state index >= 15 is 0 Å². The minimum absolute atomic E-state index is 0.429. The van der Waals surface area contributed by atoms with Crippen molar-refractivity contribution in [3.63, 3.8) is 0 Å². The van der Waals surface area contributed by atoms with Gasteiger partial charge in [0.25, 0.3) is 0 Å². The standard InChI is InChI=1S/C18H15BrN6S/c1-10-6-7-13-14(8-10)26-18(24-13)25-17-15(20)16(21-9-22-17)23-12-5-3-2-4-11(12)19/h2-9H,20H2,1H3,(H2,21,22,23,24,25). The second-order valence-corrected chi connectivity index (χ2v) is 7.59. The summed E-state index contributed by atoms with van der Waals surface area (Å²) in [5.41, 5.74) is 9.71. The molecule has 4 aromatic rings. The summed E-state index contributed by atoms with van der Waals surface area (Å²) < 4.78 is 2.04. The van der Waals surface area contributed by atoms with E-state index in [1.54, 1.807) is 11.3 Å². The highest BCUT2D eigenvalue weighted by Crippen LogP contribution is 2.33. The van der Waals surface area contributed by atoms with Crippen molar-refractivity contribution >= 4 is 65.6 Å². The zero-order valence-corrected chi connectivity index (χ0v) is 16.2. The van der Waals surface area contributed by atoms with Crippen molar-refractivity contribution in [1.82, 2.24) is 15.0 Å². The zero-order chi connectivity index (χ0) is 18.1. The van der Waals surface area contributed by atoms with Gasteiger partial charge in [0.2, 0.25) is 0 Å². The average molecular weight is 427 g/mol. The SMILES string of the molecule is Cc1ccc2nc(Nc3ncnc(Nc4ccccc4Br)c3N)sc2c1. The Morgan fingerprint density at radius 2 is 1.81 bits per heavy atom. The number of benzene rings is 2. The Labute approximate surface area is 162 Å². The number of thiazole rings is 1. The van der Waals surface area contributed by atoms with E-state index in [4.69, 9.17) is 5.73 Å². The lowest BCUT2D eigenvalue weighted by Gasteiger charge is -2.12. The second kappa shape index (κ2) is 6.89. The van der Waals surface area contributed by atoms with Gasteiger partial charge in [-0.05, 0) is 52.7 Å². The maximum absolute atomic E-state index is 6.26. The molecule has 6 nitrogen and oxygen atoms in total. The van der Waals surface area contributed by atoms with Gasteiger partial charge in [0.05, 0.1) is 15.9 Å². The third-order valence-corrected chi connectivity index (χ3v) is 5.41. The first-order valence-electron chi connectivity index (χ1n) is 7.86. The fourth-order valence-electron chi connectivity index (χ4n) is 2.47. The van der Waals surface area contributed by atoms with Crippen molar-refractivity contribution in [3.05, 3.63) is 58.8 Å². The van der Waals surface area contributed by atoms with Crippen molar-refractivity contribution in [3.8, 4) is 0 Å². The van der Waals surface area contributed by atoms with Crippen LogP contribution >= 0.6 is 27.3 Å². The number of hydrogen-bond donors (Lipinski definition) is 3. The lowest BCUT2D eigenvalue weighted by molar-refractivity contribution is 1.17. The molecule has 4 N–H and O–H groups in total. The third kappa shape index (κ3) is 3.33. The summed E-state index contributed by atoms with van der Waals surface area (Å²) in [5, 5.41) is 7.16. The van der Waals surface area contributed by atoms with Crippen LogP contribution in [-0.4, -0.2) is 15.0 Å². The van der Waals surface area contributed by atoms with Gasteiger partial charge in [0.1, 0.15) is 12.0 Å². The number of aryl methyl sites for hydroxylation is 1. The predicted octanol–water partition coefficient (Wildman–Crippen LogP) is 5.23. The Kier molecular flexibility index (Phi) is 4.44. The number of rotatable bonds is 4. The van der Waals surface area contributed by atoms with Gasteiger partial charge in [-0.1, -0.05) is 29.5 Å². The van der Waals surface area contributed by atoms with E-state index in [9.17, 15) is 0 Å². The molecule has 0 aliphatic rings. The van der Waals surface area contributed by atoms with Gasteiger partial charge in [0.15, 0.2) is 16.8 Å². The normalized spacial score (nSPS) is 10.8. The molecule has 2 aromatic carbocycles. The minimum atomic E-state index is 0.429. The Morgan fingerprint density at radius 1 is 1.04 bits per heavy atom. The minimum Gasteiger partial charge on any atom is -0.393 e. The van der Waals surface area contributed by atoms with Gasteiger partial charge in [-0.3, -0.25) is 0 Å². The molecule has 0 aliphatic carbocycles. The summed E-state index contributed by atoms with van der Waals surface area (Å²) in [4.78, 5) is 13.1. The van der Waals surface area contributed by atoms with E-state index in [1.165, 1.54) is 11.9 Å². The highest BCUT2D eigenvalue weighted by molar-refractivity contribution is 9.10. The topological polar surface area (TPSA) is 88.8 Å². The zero-order valence-electron chi connectivity index (χ0n) is 13.8. The Balaban J connectivity index is 1.63. The molecule has 0 spiro atoms. The quantitative estimate of drug-likeness (QED) is 0.414. The molecule has 0 saturated heterocycles. The number of hydrogen-bond acceptors (Lipinski definition) is 7. The fourth-order valence-corrected chi connectivity index (χ4v) is 3.82. The molecule has 2 heterocycles. The van der Waals surface area contributed by atoms with Gasteiger partial charge in [0, 0.05) is 4.47 Å². The number of nitrogens with zero attached hydrogens (tertiary/aromatic N) is 3. The third-order valence-electron chi connectivity index (χ3n) is 3.78. The summed E-state index contributed by atoms with van der Waals surface area (Å²) in [6, 6.07) is 13.9. The number of anilines is 5. The number of fused-ring (bicyclic) bond motifs is 1. The molecule has 0 bridgehead atoms. The number of nitrogens with one attached hydrogen (secondary N) is 2. The van der Waals surface area contributed by atoms with Crippen LogP contribution in [0.5, 0.6) is 0 Å². The lowest BCUT2D eigenvalue weighted by Crippen LogP contribution is -2.05. The first kappa shape index (κ1) is 16.7. The van der Waals surface area contributed by atoms with Gasteiger partial charge >= 0.3 is 0 Å². The molecule has 0 radical (unpaired) electrons. The summed E-state index contributed by atoms with van der Waals surface area (Å²) in [6.45, 7) is 2.06. The van der Waals surface area contributed by atoms with Crippen LogP contribution in [0.4, 0.5) is 28.1 Å². The number of halogens is 1. The second-order valence-electron chi connectivity index (χ2n) is 5.70. The van der Waals surface area contributed by atoms with Crippen LogP contribution in [-0.2, 0) is 0 Å². The van der Waals surface area contributed by atoms with E-state index in [1.807, 2.05) is 36.4 Å². The Morgan fingerprint density at radius 3 is 2.62 bits per heavy atom. The fraction of sp³-hybridized carbons (Fsp3) is 0.0556. The van der Waals surface area contributed by atoms with Crippen LogP contribution in [0.15, 0.2) is 53.3 Å². The molecule has 2 aromatic heterocycles. The van der Waals surface area contributed by atoms with Crippen molar-refractivity contribution in [2.75, 3.05) is 16.4 Å². The lowest BCUT2D eigenvalue weighted by atomic mass is 10.2. The molecule has 26 heavy (non-hydrogen) atoms. The first-order chi connectivity index (χ1) is 12.6. The summed E-state index contributed by atoms with van der Waals surface area (Å²) >= 11 is 5.07. The molecule has 0 saturated carbocycles. The van der Waals surface area contributed by atoms with E-state index in [0.29, 0.717) is 17.3 Å². The molecular formula is C18H15BrN6S. The van der Waals surface area contributed by atoms with Crippen LogP contribution < -0.4 is 16.4 Å². The maximum Gasteiger partial charge on any atom is 0.189 e. The Hall–Kier alpha value is -2.71. The number of nitrogens with two attached hydrogens (primary N) is 1. The molecule has 0 aliphatic heterocycles. The molecule has 4 rings (SSSR count). The van der Waals surface area contributed by atoms with Crippen molar-refractivity contribution in [2.45, 2.75) is 6.92 Å². The van der Waals surface area contributed by atoms with Gasteiger partial charge in [-0.15, -0.1) is 0 Å². The van der Waals surface area contributed by atoms with Crippen LogP contribution in [0.1, 0.15) is 5.56 Å². The van der Waals surface area contributed by atoms with Gasteiger partial charge < -0.3 is 16.4 Å². The Bertz CT molecular complexity index is 1090. The van der Waals surface area contributed by atoms with Gasteiger partial charge in [-0.2, -0.15) is 0 Å². The average Bonchev–Trinajstić information content (AvgIpc) is 3.01. The molecule has 0 unspecified atom stereocenters. The van der Waals surface area contributed by atoms with E-state index < -0.39 is 0 Å². The van der Waals surface area contributed by atoms with Crippen molar-refractivity contribution in [2.24, 2.45) is 0 Å². The maximum atomic E-state index is 6.26. The number of para-hydroxylation sites is 1.